The number of hydrazone groups is 1. The van der Waals surface area contributed by atoms with Gasteiger partial charge in [0.25, 0.3) is 0 Å². The summed E-state index contributed by atoms with van der Waals surface area (Å²) in [4.78, 5) is 9.55. The number of hydrogen-bond acceptors (Lipinski definition) is 3. The normalized spacial score (nSPS) is 11.8. The summed E-state index contributed by atoms with van der Waals surface area (Å²) in [5, 5.41) is 5.83. The molecule has 1 N–H and O–H groups in total. The highest BCUT2D eigenvalue weighted by molar-refractivity contribution is 5.71. The molecule has 0 aromatic rings. The van der Waals surface area contributed by atoms with Crippen LogP contribution in [0.25, 0.3) is 0 Å². The molecule has 4 nitrogen and oxygen atoms in total. The molecule has 0 bridgehead atoms. The van der Waals surface area contributed by atoms with E-state index in [0.717, 1.165) is 6.42 Å². The second kappa shape index (κ2) is 12.6. The molecule has 0 aliphatic heterocycles. The van der Waals surface area contributed by atoms with Crippen LogP contribution in [0.3, 0.4) is 0 Å². The van der Waals surface area contributed by atoms with Crippen molar-refractivity contribution in [1.82, 2.24) is 5.53 Å². The summed E-state index contributed by atoms with van der Waals surface area (Å²) in [5.41, 5.74) is 1.94. The number of nitrogens with one attached hydrogen (secondary N) is 1. The zero-order valence-corrected chi connectivity index (χ0v) is 9.22. The molecule has 0 atom stereocenters. The Labute approximate surface area is 91.1 Å². The minimum absolute atomic E-state index is 1.12. The van der Waals surface area contributed by atoms with E-state index in [0.29, 0.717) is 0 Å². The maximum atomic E-state index is 9.55. The van der Waals surface area contributed by atoms with E-state index in [1.54, 1.807) is 6.08 Å². The van der Waals surface area contributed by atoms with Gasteiger partial charge >= 0.3 is 0 Å². The largest absolute Gasteiger partial charge is 0.164 e. The SMILES string of the molecule is CCCCCC/C=C/C=C/C=N\NN=O. The molecule has 0 saturated heterocycles. The first kappa shape index (κ1) is 13.5. The highest BCUT2D eigenvalue weighted by Crippen LogP contribution is 2.02. The van der Waals surface area contributed by atoms with Crippen molar-refractivity contribution in [3.63, 3.8) is 0 Å². The molecule has 15 heavy (non-hydrogen) atoms. The summed E-state index contributed by atoms with van der Waals surface area (Å²) >= 11 is 0. The third kappa shape index (κ3) is 12.5. The van der Waals surface area contributed by atoms with Crippen LogP contribution in [-0.4, -0.2) is 6.21 Å². The molecule has 4 heteroatoms. The van der Waals surface area contributed by atoms with E-state index in [-0.39, 0.29) is 0 Å². The molecule has 0 saturated carbocycles. The molecule has 0 aliphatic carbocycles. The van der Waals surface area contributed by atoms with Crippen LogP contribution >= 0.6 is 0 Å². The molecule has 0 amide bonds. The van der Waals surface area contributed by atoms with Crippen molar-refractivity contribution in [2.24, 2.45) is 10.4 Å². The zero-order chi connectivity index (χ0) is 11.2. The highest BCUT2D eigenvalue weighted by Gasteiger charge is 1.82. The number of allylic oxidation sites excluding steroid dienone is 4. The van der Waals surface area contributed by atoms with E-state index >= 15 is 0 Å². The van der Waals surface area contributed by atoms with Crippen molar-refractivity contribution in [3.05, 3.63) is 29.2 Å². The van der Waals surface area contributed by atoms with Gasteiger partial charge in [-0.3, -0.25) is 0 Å². The third-order valence-electron chi connectivity index (χ3n) is 1.84. The molecular formula is C11H19N3O. The molecular weight excluding hydrogens is 190 g/mol. The van der Waals surface area contributed by atoms with Crippen molar-refractivity contribution in [2.45, 2.75) is 39.0 Å². The lowest BCUT2D eigenvalue weighted by Crippen LogP contribution is -1.89. The van der Waals surface area contributed by atoms with E-state index in [1.165, 1.54) is 31.9 Å². The summed E-state index contributed by atoms with van der Waals surface area (Å²) in [7, 11) is 0. The summed E-state index contributed by atoms with van der Waals surface area (Å²) in [6.45, 7) is 2.21. The molecule has 0 unspecified atom stereocenters. The van der Waals surface area contributed by atoms with Crippen molar-refractivity contribution >= 4 is 6.21 Å². The van der Waals surface area contributed by atoms with Gasteiger partial charge in [-0.2, -0.15) is 10.6 Å². The van der Waals surface area contributed by atoms with Gasteiger partial charge < -0.3 is 0 Å². The van der Waals surface area contributed by atoms with Gasteiger partial charge in [-0.05, 0) is 18.9 Å². The maximum Gasteiger partial charge on any atom is 0.0722 e. The van der Waals surface area contributed by atoms with Crippen LogP contribution in [0.2, 0.25) is 0 Å². The van der Waals surface area contributed by atoms with Gasteiger partial charge in [0.2, 0.25) is 0 Å². The van der Waals surface area contributed by atoms with Gasteiger partial charge in [0.05, 0.1) is 5.29 Å². The Kier molecular flexibility index (Phi) is 11.3. The van der Waals surface area contributed by atoms with E-state index in [1.807, 2.05) is 17.7 Å². The highest BCUT2D eigenvalue weighted by atomic mass is 16.3. The van der Waals surface area contributed by atoms with Crippen LogP contribution in [0.4, 0.5) is 0 Å². The lowest BCUT2D eigenvalue weighted by Gasteiger charge is -1.92. The predicted molar refractivity (Wildman–Crippen MR) is 64.5 cm³/mol. The standard InChI is InChI=1S/C11H19N3O/c1-2-3-4-5-6-7-8-9-10-11-12-13-14-15/h7-11H,2-6H2,1H3,(H,13,15)/b8-7+,10-9+,12-11-. The molecule has 0 fully saturated rings. The average Bonchev–Trinajstić information content (AvgIpc) is 2.26. The van der Waals surface area contributed by atoms with Crippen molar-refractivity contribution in [3.8, 4) is 0 Å². The summed E-state index contributed by atoms with van der Waals surface area (Å²) in [6, 6.07) is 0. The Hall–Kier alpha value is -1.45. The summed E-state index contributed by atoms with van der Waals surface area (Å²) in [6.07, 6.45) is 15.5. The Morgan fingerprint density at radius 2 is 2.00 bits per heavy atom. The first-order valence-electron chi connectivity index (χ1n) is 5.34. The number of rotatable bonds is 9. The van der Waals surface area contributed by atoms with Crippen LogP contribution in [0.5, 0.6) is 0 Å². The Morgan fingerprint density at radius 1 is 1.13 bits per heavy atom. The van der Waals surface area contributed by atoms with Gasteiger partial charge in [-0.15, -0.1) is 4.91 Å². The van der Waals surface area contributed by atoms with E-state index in [9.17, 15) is 4.91 Å². The number of nitroso groups, excluding NO2 is 1. The van der Waals surface area contributed by atoms with E-state index in [4.69, 9.17) is 0 Å². The monoisotopic (exact) mass is 209 g/mol. The fourth-order valence-corrected chi connectivity index (χ4v) is 1.08. The molecule has 0 aliphatic rings. The Morgan fingerprint density at radius 3 is 2.73 bits per heavy atom. The van der Waals surface area contributed by atoms with Gasteiger partial charge in [0, 0.05) is 6.21 Å². The summed E-state index contributed by atoms with van der Waals surface area (Å²) < 4.78 is 0. The minimum Gasteiger partial charge on any atom is -0.164 e. The van der Waals surface area contributed by atoms with Crippen LogP contribution in [-0.2, 0) is 0 Å². The van der Waals surface area contributed by atoms with Crippen LogP contribution in [0.1, 0.15) is 39.0 Å². The second-order valence-corrected chi connectivity index (χ2v) is 3.13. The quantitative estimate of drug-likeness (QED) is 0.208. The van der Waals surface area contributed by atoms with Crippen molar-refractivity contribution in [2.75, 3.05) is 0 Å². The molecule has 0 aromatic heterocycles. The fourth-order valence-electron chi connectivity index (χ4n) is 1.08. The first-order chi connectivity index (χ1) is 7.41. The Bertz CT molecular complexity index is 222. The third-order valence-corrected chi connectivity index (χ3v) is 1.84. The zero-order valence-electron chi connectivity index (χ0n) is 9.22. The smallest absolute Gasteiger partial charge is 0.0722 e. The van der Waals surface area contributed by atoms with Gasteiger partial charge in [-0.1, -0.05) is 44.4 Å². The first-order valence-corrected chi connectivity index (χ1v) is 5.34. The van der Waals surface area contributed by atoms with Gasteiger partial charge in [-0.25, -0.2) is 0 Å². The molecule has 84 valence electrons. The topological polar surface area (TPSA) is 53.8 Å². The maximum absolute atomic E-state index is 9.55. The van der Waals surface area contributed by atoms with Crippen LogP contribution in [0, 0.1) is 4.91 Å². The Balaban J connectivity index is 3.32. The van der Waals surface area contributed by atoms with Gasteiger partial charge in [0.1, 0.15) is 0 Å². The number of nitrogens with zero attached hydrogens (tertiary/aromatic N) is 2. The minimum atomic E-state index is 1.12. The van der Waals surface area contributed by atoms with Crippen LogP contribution in [0.15, 0.2) is 34.7 Å². The lowest BCUT2D eigenvalue weighted by molar-refractivity contribution is 0.674. The van der Waals surface area contributed by atoms with E-state index < -0.39 is 0 Å². The number of hydrogen-bond donors (Lipinski definition) is 1. The molecule has 0 aromatic carbocycles. The van der Waals surface area contributed by atoms with Gasteiger partial charge in [0.15, 0.2) is 0 Å². The molecule has 0 heterocycles. The predicted octanol–water partition coefficient (Wildman–Crippen LogP) is 3.33. The summed E-state index contributed by atoms with van der Waals surface area (Å²) in [5.74, 6) is 0. The molecule has 0 rings (SSSR count). The fraction of sp³-hybridized carbons (Fsp3) is 0.545. The van der Waals surface area contributed by atoms with E-state index in [2.05, 4.69) is 23.4 Å². The molecule has 0 radical (unpaired) electrons. The molecule has 0 spiro atoms. The second-order valence-electron chi connectivity index (χ2n) is 3.13. The van der Waals surface area contributed by atoms with Crippen molar-refractivity contribution in [1.29, 1.82) is 0 Å². The average molecular weight is 209 g/mol. The lowest BCUT2D eigenvalue weighted by atomic mass is 10.1. The van der Waals surface area contributed by atoms with Crippen molar-refractivity contribution < 1.29 is 0 Å². The number of unbranched alkanes of at least 4 members (excludes halogenated alkanes) is 4. The van der Waals surface area contributed by atoms with Crippen LogP contribution < -0.4 is 5.53 Å².